The molecule has 1 aromatic heterocycles. The third-order valence-electron chi connectivity index (χ3n) is 5.20. The molecule has 1 amide bonds. The molecule has 4 aromatic rings. The molecule has 0 aliphatic heterocycles. The van der Waals surface area contributed by atoms with Gasteiger partial charge in [0.25, 0.3) is 5.56 Å². The van der Waals surface area contributed by atoms with Gasteiger partial charge in [-0.15, -0.1) is 0 Å². The van der Waals surface area contributed by atoms with Gasteiger partial charge in [-0.2, -0.15) is 0 Å². The van der Waals surface area contributed by atoms with E-state index in [4.69, 9.17) is 0 Å². The fourth-order valence-electron chi connectivity index (χ4n) is 3.46. The van der Waals surface area contributed by atoms with Gasteiger partial charge in [-0.1, -0.05) is 70.2 Å². The van der Waals surface area contributed by atoms with E-state index in [1.165, 1.54) is 17.8 Å². The number of para-hydroxylation sites is 1. The summed E-state index contributed by atoms with van der Waals surface area (Å²) in [5, 5.41) is 3.87. The number of hydrogen-bond donors (Lipinski definition) is 1. The highest BCUT2D eigenvalue weighted by Gasteiger charge is 2.13. The maximum atomic E-state index is 12.7. The first-order chi connectivity index (χ1) is 16.9. The average molecular weight is 548 g/mol. The number of anilines is 1. The van der Waals surface area contributed by atoms with Crippen LogP contribution in [0.1, 0.15) is 22.8 Å². The number of halogens is 1. The van der Waals surface area contributed by atoms with E-state index in [-0.39, 0.29) is 23.0 Å². The van der Waals surface area contributed by atoms with Crippen molar-refractivity contribution in [1.29, 1.82) is 0 Å². The molecule has 8 heteroatoms. The largest absolute Gasteiger partial charge is 0.325 e. The Labute approximate surface area is 215 Å². The Morgan fingerprint density at radius 2 is 1.83 bits per heavy atom. The van der Waals surface area contributed by atoms with E-state index in [1.54, 1.807) is 53.1 Å². The third-order valence-corrected chi connectivity index (χ3v) is 6.71. The van der Waals surface area contributed by atoms with Crippen molar-refractivity contribution in [2.45, 2.75) is 18.6 Å². The summed E-state index contributed by atoms with van der Waals surface area (Å²) in [5.41, 5.74) is 2.39. The van der Waals surface area contributed by atoms with Gasteiger partial charge in [0.2, 0.25) is 5.91 Å². The van der Waals surface area contributed by atoms with Crippen LogP contribution in [0.5, 0.6) is 0 Å². The van der Waals surface area contributed by atoms with Crippen LogP contribution < -0.4 is 10.9 Å². The third kappa shape index (κ3) is 6.15. The van der Waals surface area contributed by atoms with E-state index >= 15 is 0 Å². The number of benzene rings is 3. The molecule has 0 saturated carbocycles. The van der Waals surface area contributed by atoms with Gasteiger partial charge in [0.15, 0.2) is 10.9 Å². The van der Waals surface area contributed by atoms with Crippen LogP contribution in [0.15, 0.2) is 93.3 Å². The van der Waals surface area contributed by atoms with Crippen molar-refractivity contribution >= 4 is 62.0 Å². The van der Waals surface area contributed by atoms with Crippen molar-refractivity contribution in [2.75, 3.05) is 11.1 Å². The molecule has 0 fully saturated rings. The summed E-state index contributed by atoms with van der Waals surface area (Å²) in [6, 6.07) is 21.6. The molecular weight excluding hydrogens is 526 g/mol. The first-order valence-electron chi connectivity index (χ1n) is 10.9. The highest BCUT2D eigenvalue weighted by atomic mass is 79.9. The van der Waals surface area contributed by atoms with Gasteiger partial charge < -0.3 is 5.32 Å². The molecule has 35 heavy (non-hydrogen) atoms. The summed E-state index contributed by atoms with van der Waals surface area (Å²) >= 11 is 4.59. The van der Waals surface area contributed by atoms with Crippen LogP contribution in [-0.4, -0.2) is 27.0 Å². The molecule has 0 atom stereocenters. The van der Waals surface area contributed by atoms with Crippen LogP contribution >= 0.6 is 27.7 Å². The molecule has 0 radical (unpaired) electrons. The van der Waals surface area contributed by atoms with Crippen molar-refractivity contribution < 1.29 is 9.59 Å². The zero-order valence-corrected chi connectivity index (χ0v) is 21.3. The van der Waals surface area contributed by atoms with Crippen molar-refractivity contribution in [2.24, 2.45) is 0 Å². The summed E-state index contributed by atoms with van der Waals surface area (Å²) in [7, 11) is 0. The topological polar surface area (TPSA) is 81.1 Å². The molecule has 3 aromatic carbocycles. The van der Waals surface area contributed by atoms with Gasteiger partial charge in [-0.05, 0) is 55.0 Å². The van der Waals surface area contributed by atoms with Crippen molar-refractivity contribution in [1.82, 2.24) is 9.55 Å². The smallest absolute Gasteiger partial charge is 0.262 e. The van der Waals surface area contributed by atoms with Gasteiger partial charge in [-0.3, -0.25) is 19.0 Å². The lowest BCUT2D eigenvalue weighted by Crippen LogP contribution is -2.23. The SMILES string of the molecule is CCn1c(SCC(=O)Nc2cccc(C(=O)/C=C/c3ccc(Br)cc3)c2)nc2ccccc2c1=O. The van der Waals surface area contributed by atoms with Crippen molar-refractivity contribution in [3.05, 3.63) is 105 Å². The number of ketones is 1. The molecule has 176 valence electrons. The fourth-order valence-corrected chi connectivity index (χ4v) is 4.58. The number of amides is 1. The molecule has 0 aliphatic carbocycles. The van der Waals surface area contributed by atoms with E-state index in [0.717, 1.165) is 10.0 Å². The number of thioether (sulfide) groups is 1. The van der Waals surface area contributed by atoms with Crippen LogP contribution in [0.25, 0.3) is 17.0 Å². The molecule has 0 spiro atoms. The number of hydrogen-bond acceptors (Lipinski definition) is 5. The van der Waals surface area contributed by atoms with E-state index in [9.17, 15) is 14.4 Å². The summed E-state index contributed by atoms with van der Waals surface area (Å²) in [5.74, 6) is -0.340. The molecule has 6 nitrogen and oxygen atoms in total. The van der Waals surface area contributed by atoms with Gasteiger partial charge in [-0.25, -0.2) is 4.98 Å². The monoisotopic (exact) mass is 547 g/mol. The van der Waals surface area contributed by atoms with Crippen molar-refractivity contribution in [3.63, 3.8) is 0 Å². The maximum Gasteiger partial charge on any atom is 0.262 e. The van der Waals surface area contributed by atoms with Crippen LogP contribution in [-0.2, 0) is 11.3 Å². The molecule has 1 heterocycles. The lowest BCUT2D eigenvalue weighted by atomic mass is 10.1. The zero-order valence-electron chi connectivity index (χ0n) is 18.9. The predicted molar refractivity (Wildman–Crippen MR) is 145 cm³/mol. The molecule has 0 aliphatic rings. The number of aromatic nitrogens is 2. The molecule has 0 unspecified atom stereocenters. The Hall–Kier alpha value is -3.49. The zero-order chi connectivity index (χ0) is 24.8. The second kappa shape index (κ2) is 11.3. The fraction of sp³-hybridized carbons (Fsp3) is 0.111. The highest BCUT2D eigenvalue weighted by molar-refractivity contribution is 9.10. The molecular formula is C27H22BrN3O3S. The number of allylic oxidation sites excluding steroid dienone is 1. The number of fused-ring (bicyclic) bond motifs is 1. The van der Waals surface area contributed by atoms with E-state index in [2.05, 4.69) is 26.2 Å². The number of nitrogens with one attached hydrogen (secondary N) is 1. The molecule has 1 N–H and O–H groups in total. The van der Waals surface area contributed by atoms with Crippen LogP contribution in [0.2, 0.25) is 0 Å². The Kier molecular flexibility index (Phi) is 7.94. The lowest BCUT2D eigenvalue weighted by Gasteiger charge is -2.11. The number of rotatable bonds is 8. The van der Waals surface area contributed by atoms with Crippen molar-refractivity contribution in [3.8, 4) is 0 Å². The van der Waals surface area contributed by atoms with E-state index in [1.807, 2.05) is 37.3 Å². The van der Waals surface area contributed by atoms with Crippen LogP contribution in [0.4, 0.5) is 5.69 Å². The summed E-state index contributed by atoms with van der Waals surface area (Å²) < 4.78 is 2.54. The summed E-state index contributed by atoms with van der Waals surface area (Å²) in [6.45, 7) is 2.33. The van der Waals surface area contributed by atoms with E-state index < -0.39 is 0 Å². The second-order valence-electron chi connectivity index (χ2n) is 7.63. The quantitative estimate of drug-likeness (QED) is 0.130. The standard InChI is InChI=1S/C27H22BrN3O3S/c1-2-31-26(34)22-8-3-4-9-23(22)30-27(31)35-17-25(33)29-21-7-5-6-19(16-21)24(32)15-12-18-10-13-20(28)14-11-18/h3-16H,2,17H2,1H3,(H,29,33)/b15-12+. The normalized spacial score (nSPS) is 11.1. The molecule has 4 rings (SSSR count). The lowest BCUT2D eigenvalue weighted by molar-refractivity contribution is -0.113. The van der Waals surface area contributed by atoms with Gasteiger partial charge in [0.1, 0.15) is 0 Å². The van der Waals surface area contributed by atoms with Crippen LogP contribution in [0.3, 0.4) is 0 Å². The van der Waals surface area contributed by atoms with E-state index in [0.29, 0.717) is 33.9 Å². The Bertz CT molecular complexity index is 1480. The number of nitrogens with zero attached hydrogens (tertiary/aromatic N) is 2. The first-order valence-corrected chi connectivity index (χ1v) is 12.7. The minimum absolute atomic E-state index is 0.0758. The summed E-state index contributed by atoms with van der Waals surface area (Å²) in [6.07, 6.45) is 3.26. The number of carbonyl (C=O) groups is 2. The maximum absolute atomic E-state index is 12.7. The van der Waals surface area contributed by atoms with Gasteiger partial charge >= 0.3 is 0 Å². The van der Waals surface area contributed by atoms with Gasteiger partial charge in [0, 0.05) is 22.3 Å². The van der Waals surface area contributed by atoms with Gasteiger partial charge in [0.05, 0.1) is 16.7 Å². The second-order valence-corrected chi connectivity index (χ2v) is 9.49. The Balaban J connectivity index is 1.42. The Morgan fingerprint density at radius 3 is 2.60 bits per heavy atom. The number of carbonyl (C=O) groups excluding carboxylic acids is 2. The van der Waals surface area contributed by atoms with Crippen LogP contribution in [0, 0.1) is 0 Å². The highest BCUT2D eigenvalue weighted by Crippen LogP contribution is 2.19. The Morgan fingerprint density at radius 1 is 1.06 bits per heavy atom. The molecule has 0 saturated heterocycles. The predicted octanol–water partition coefficient (Wildman–Crippen LogP) is 5.81. The minimum Gasteiger partial charge on any atom is -0.325 e. The first kappa shape index (κ1) is 24.6. The average Bonchev–Trinajstić information content (AvgIpc) is 2.87. The molecule has 0 bridgehead atoms. The minimum atomic E-state index is -0.255. The summed E-state index contributed by atoms with van der Waals surface area (Å²) in [4.78, 5) is 42.5.